The predicted octanol–water partition coefficient (Wildman–Crippen LogP) is 0.342. The van der Waals surface area contributed by atoms with Crippen LogP contribution in [0.3, 0.4) is 0 Å². The molecule has 0 aliphatic carbocycles. The van der Waals surface area contributed by atoms with Crippen LogP contribution in [0.2, 0.25) is 0 Å². The molecule has 1 aliphatic heterocycles. The maximum absolute atomic E-state index is 5.68. The number of nitrogens with one attached hydrogen (secondary N) is 1. The molecular formula is C12H26N4O2. The van der Waals surface area contributed by atoms with Crippen LogP contribution in [0.4, 0.5) is 0 Å². The molecule has 0 unspecified atom stereocenters. The maximum Gasteiger partial charge on any atom is 0.208 e. The molecular weight excluding hydrogens is 232 g/mol. The average Bonchev–Trinajstić information content (AvgIpc) is 2.32. The molecule has 6 heteroatoms. The summed E-state index contributed by atoms with van der Waals surface area (Å²) in [4.78, 5) is 6.62. The van der Waals surface area contributed by atoms with Crippen LogP contribution in [0.15, 0.2) is 4.99 Å². The maximum atomic E-state index is 5.68. The first-order chi connectivity index (χ1) is 8.67. The van der Waals surface area contributed by atoms with E-state index in [0.717, 1.165) is 45.2 Å². The van der Waals surface area contributed by atoms with Crippen LogP contribution in [0.1, 0.15) is 27.2 Å². The fourth-order valence-electron chi connectivity index (χ4n) is 2.08. The minimum absolute atomic E-state index is 0.204. The Kier molecular flexibility index (Phi) is 7.00. The lowest BCUT2D eigenvalue weighted by atomic mass is 10.2. The van der Waals surface area contributed by atoms with Gasteiger partial charge in [-0.15, -0.1) is 0 Å². The number of nitrogens with two attached hydrogens (primary N) is 1. The summed E-state index contributed by atoms with van der Waals surface area (Å²) in [7, 11) is 0. The fraction of sp³-hybridized carbons (Fsp3) is 0.917. The van der Waals surface area contributed by atoms with Crippen LogP contribution >= 0.6 is 0 Å². The van der Waals surface area contributed by atoms with Gasteiger partial charge in [0.25, 0.3) is 0 Å². The second-order valence-corrected chi connectivity index (χ2v) is 4.56. The molecule has 0 spiro atoms. The SMILES string of the molecule is CCOCCCN=C(NN)N1C[C@@H](C)O[C@@H](C)C1. The Morgan fingerprint density at radius 2 is 2.11 bits per heavy atom. The molecule has 1 rings (SSSR count). The van der Waals surface area contributed by atoms with E-state index in [0.29, 0.717) is 0 Å². The normalized spacial score (nSPS) is 25.3. The van der Waals surface area contributed by atoms with Crippen molar-refractivity contribution in [3.8, 4) is 0 Å². The van der Waals surface area contributed by atoms with E-state index in [1.807, 2.05) is 6.92 Å². The molecule has 18 heavy (non-hydrogen) atoms. The molecule has 0 aromatic carbocycles. The Morgan fingerprint density at radius 1 is 1.44 bits per heavy atom. The van der Waals surface area contributed by atoms with Crippen LogP contribution in [0, 0.1) is 0 Å². The zero-order valence-electron chi connectivity index (χ0n) is 11.7. The van der Waals surface area contributed by atoms with Gasteiger partial charge in [-0.2, -0.15) is 0 Å². The number of guanidine groups is 1. The van der Waals surface area contributed by atoms with Gasteiger partial charge in [0.1, 0.15) is 0 Å². The third-order valence-electron chi connectivity index (χ3n) is 2.76. The van der Waals surface area contributed by atoms with E-state index < -0.39 is 0 Å². The zero-order valence-corrected chi connectivity index (χ0v) is 11.7. The highest BCUT2D eigenvalue weighted by atomic mass is 16.5. The second kappa shape index (κ2) is 8.29. The van der Waals surface area contributed by atoms with Crippen molar-refractivity contribution >= 4 is 5.96 Å². The van der Waals surface area contributed by atoms with E-state index in [2.05, 4.69) is 29.2 Å². The van der Waals surface area contributed by atoms with Crippen LogP contribution in [0.25, 0.3) is 0 Å². The zero-order chi connectivity index (χ0) is 13.4. The Bertz CT molecular complexity index is 250. The molecule has 1 heterocycles. The molecule has 0 bridgehead atoms. The van der Waals surface area contributed by atoms with Crippen LogP contribution in [-0.4, -0.2) is 55.9 Å². The number of ether oxygens (including phenoxy) is 2. The topological polar surface area (TPSA) is 72.1 Å². The molecule has 2 atom stereocenters. The highest BCUT2D eigenvalue weighted by Crippen LogP contribution is 2.10. The van der Waals surface area contributed by atoms with Gasteiger partial charge in [0.15, 0.2) is 0 Å². The fourth-order valence-corrected chi connectivity index (χ4v) is 2.08. The largest absolute Gasteiger partial charge is 0.382 e. The van der Waals surface area contributed by atoms with E-state index in [9.17, 15) is 0 Å². The minimum atomic E-state index is 0.204. The van der Waals surface area contributed by atoms with Crippen molar-refractivity contribution in [1.82, 2.24) is 10.3 Å². The molecule has 6 nitrogen and oxygen atoms in total. The third kappa shape index (κ3) is 5.20. The second-order valence-electron chi connectivity index (χ2n) is 4.56. The standard InChI is InChI=1S/C12H26N4O2/c1-4-17-7-5-6-14-12(15-13)16-8-10(2)18-11(3)9-16/h10-11H,4-9,13H2,1-3H3,(H,14,15)/t10-,11+. The summed E-state index contributed by atoms with van der Waals surface area (Å²) in [6.45, 7) is 9.97. The van der Waals surface area contributed by atoms with Gasteiger partial charge in [-0.3, -0.25) is 10.4 Å². The van der Waals surface area contributed by atoms with Gasteiger partial charge in [-0.05, 0) is 27.2 Å². The minimum Gasteiger partial charge on any atom is -0.382 e. The monoisotopic (exact) mass is 258 g/mol. The summed E-state index contributed by atoms with van der Waals surface area (Å²) in [5.74, 6) is 6.28. The smallest absolute Gasteiger partial charge is 0.208 e. The third-order valence-corrected chi connectivity index (χ3v) is 2.76. The lowest BCUT2D eigenvalue weighted by Crippen LogP contribution is -2.54. The summed E-state index contributed by atoms with van der Waals surface area (Å²) < 4.78 is 11.0. The molecule has 0 aromatic heterocycles. The summed E-state index contributed by atoms with van der Waals surface area (Å²) in [5.41, 5.74) is 2.68. The quantitative estimate of drug-likeness (QED) is 0.245. The van der Waals surface area contributed by atoms with Crippen molar-refractivity contribution < 1.29 is 9.47 Å². The molecule has 0 saturated carbocycles. The Labute approximate surface area is 109 Å². The first kappa shape index (κ1) is 15.2. The van der Waals surface area contributed by atoms with Crippen molar-refractivity contribution in [3.63, 3.8) is 0 Å². The number of rotatable bonds is 5. The summed E-state index contributed by atoms with van der Waals surface area (Å²) >= 11 is 0. The lowest BCUT2D eigenvalue weighted by Gasteiger charge is -2.36. The Morgan fingerprint density at radius 3 is 2.67 bits per heavy atom. The van der Waals surface area contributed by atoms with Gasteiger partial charge in [-0.25, -0.2) is 5.84 Å². The lowest BCUT2D eigenvalue weighted by molar-refractivity contribution is -0.0489. The number of hydrogen-bond acceptors (Lipinski definition) is 4. The predicted molar refractivity (Wildman–Crippen MR) is 72.3 cm³/mol. The summed E-state index contributed by atoms with van der Waals surface area (Å²) in [5, 5.41) is 0. The molecule has 106 valence electrons. The average molecular weight is 258 g/mol. The van der Waals surface area contributed by atoms with Gasteiger partial charge in [0, 0.05) is 32.8 Å². The van der Waals surface area contributed by atoms with Crippen molar-refractivity contribution in [2.45, 2.75) is 39.4 Å². The van der Waals surface area contributed by atoms with Gasteiger partial charge >= 0.3 is 0 Å². The van der Waals surface area contributed by atoms with Gasteiger partial charge in [0.2, 0.25) is 5.96 Å². The highest BCUT2D eigenvalue weighted by Gasteiger charge is 2.24. The molecule has 1 saturated heterocycles. The Hall–Kier alpha value is -0.850. The van der Waals surface area contributed by atoms with Crippen molar-refractivity contribution in [3.05, 3.63) is 0 Å². The van der Waals surface area contributed by atoms with Crippen molar-refractivity contribution in [1.29, 1.82) is 0 Å². The number of morpholine rings is 1. The van der Waals surface area contributed by atoms with E-state index in [-0.39, 0.29) is 12.2 Å². The molecule has 0 aromatic rings. The molecule has 0 amide bonds. The molecule has 0 radical (unpaired) electrons. The number of aliphatic imine (C=N–C) groups is 1. The number of nitrogens with zero attached hydrogens (tertiary/aromatic N) is 2. The Balaban J connectivity index is 2.41. The van der Waals surface area contributed by atoms with Gasteiger partial charge in [-0.1, -0.05) is 0 Å². The van der Waals surface area contributed by atoms with Crippen molar-refractivity contribution in [2.24, 2.45) is 10.8 Å². The van der Waals surface area contributed by atoms with Crippen LogP contribution in [0.5, 0.6) is 0 Å². The first-order valence-electron chi connectivity index (χ1n) is 6.66. The highest BCUT2D eigenvalue weighted by molar-refractivity contribution is 5.79. The summed E-state index contributed by atoms with van der Waals surface area (Å²) in [6, 6.07) is 0. The van der Waals surface area contributed by atoms with E-state index in [4.69, 9.17) is 15.3 Å². The van der Waals surface area contributed by atoms with Gasteiger partial charge in [0.05, 0.1) is 12.2 Å². The van der Waals surface area contributed by atoms with Crippen molar-refractivity contribution in [2.75, 3.05) is 32.8 Å². The molecule has 3 N–H and O–H groups in total. The molecule has 1 aliphatic rings. The summed E-state index contributed by atoms with van der Waals surface area (Å²) in [6.07, 6.45) is 1.32. The van der Waals surface area contributed by atoms with Gasteiger partial charge < -0.3 is 14.4 Å². The molecule has 1 fully saturated rings. The van der Waals surface area contributed by atoms with E-state index in [1.165, 1.54) is 0 Å². The van der Waals surface area contributed by atoms with Crippen LogP contribution < -0.4 is 11.3 Å². The van der Waals surface area contributed by atoms with E-state index >= 15 is 0 Å². The first-order valence-corrected chi connectivity index (χ1v) is 6.66. The number of hydrazine groups is 1. The van der Waals surface area contributed by atoms with E-state index in [1.54, 1.807) is 0 Å². The number of hydrogen-bond donors (Lipinski definition) is 2. The van der Waals surface area contributed by atoms with Crippen LogP contribution in [-0.2, 0) is 9.47 Å².